The minimum Gasteiger partial charge on any atom is -0.411 e. The molecule has 0 aliphatic heterocycles. The van der Waals surface area contributed by atoms with Crippen LogP contribution in [-0.4, -0.2) is 35.6 Å². The normalized spacial score (nSPS) is 11.9. The molecule has 0 aliphatic carbocycles. The molecule has 1 aromatic carbocycles. The van der Waals surface area contributed by atoms with Gasteiger partial charge in [0.15, 0.2) is 5.84 Å². The highest BCUT2D eigenvalue weighted by molar-refractivity contribution is 6.28. The van der Waals surface area contributed by atoms with Gasteiger partial charge in [0.25, 0.3) is 0 Å². The van der Waals surface area contributed by atoms with E-state index < -0.39 is 0 Å². The number of hydrogen-bond donors (Lipinski definition) is 4. The van der Waals surface area contributed by atoms with Gasteiger partial charge in [-0.2, -0.15) is 0 Å². The molecule has 0 saturated heterocycles. The standard InChI is InChI=1S/C12H18N4O2/c17-15-10-12(16-18)14-8-4-7-13-9-11-5-2-1-3-6-11/h1-3,5-6,10,13,17-18H,4,7-9H2,(H,14,16)/b15-10+. The minimum atomic E-state index is 0.139. The molecule has 4 N–H and O–H groups in total. The minimum absolute atomic E-state index is 0.139. The van der Waals surface area contributed by atoms with E-state index in [0.717, 1.165) is 25.7 Å². The smallest absolute Gasteiger partial charge is 0.166 e. The van der Waals surface area contributed by atoms with Gasteiger partial charge in [-0.1, -0.05) is 35.5 Å². The largest absolute Gasteiger partial charge is 0.411 e. The van der Waals surface area contributed by atoms with E-state index in [2.05, 4.69) is 27.6 Å². The maximum Gasteiger partial charge on any atom is 0.166 e. The molecule has 1 rings (SSSR count). The van der Waals surface area contributed by atoms with Gasteiger partial charge in [-0.15, -0.1) is 0 Å². The van der Waals surface area contributed by atoms with Crippen molar-refractivity contribution >= 4 is 12.1 Å². The van der Waals surface area contributed by atoms with E-state index >= 15 is 0 Å². The number of hydrogen-bond acceptors (Lipinski definition) is 5. The fourth-order valence-electron chi connectivity index (χ4n) is 1.39. The van der Waals surface area contributed by atoms with Crippen LogP contribution < -0.4 is 10.8 Å². The average molecular weight is 250 g/mol. The Bertz CT molecular complexity index is 379. The number of benzene rings is 1. The third kappa shape index (κ3) is 5.97. The zero-order chi connectivity index (χ0) is 13.1. The molecule has 0 saturated carbocycles. The number of hydroxylamine groups is 1. The van der Waals surface area contributed by atoms with Crippen LogP contribution in [0, 0.1) is 0 Å². The Kier molecular flexibility index (Phi) is 7.19. The molecule has 0 bridgehead atoms. The van der Waals surface area contributed by atoms with E-state index in [9.17, 15) is 0 Å². The number of aliphatic imine (C=N–C) groups is 1. The quantitative estimate of drug-likeness (QED) is 0.191. The zero-order valence-corrected chi connectivity index (χ0v) is 10.1. The fourth-order valence-corrected chi connectivity index (χ4v) is 1.39. The van der Waals surface area contributed by atoms with Gasteiger partial charge in [-0.3, -0.25) is 15.7 Å². The summed E-state index contributed by atoms with van der Waals surface area (Å²) < 4.78 is 0. The number of nitrogens with one attached hydrogen (secondary N) is 2. The highest BCUT2D eigenvalue weighted by Crippen LogP contribution is 1.96. The lowest BCUT2D eigenvalue weighted by molar-refractivity contribution is 0.236. The van der Waals surface area contributed by atoms with Gasteiger partial charge in [-0.05, 0) is 18.5 Å². The summed E-state index contributed by atoms with van der Waals surface area (Å²) in [7, 11) is 0. The summed E-state index contributed by atoms with van der Waals surface area (Å²) in [6.07, 6.45) is 1.87. The van der Waals surface area contributed by atoms with Crippen LogP contribution in [0.2, 0.25) is 0 Å². The van der Waals surface area contributed by atoms with Crippen molar-refractivity contribution < 1.29 is 10.4 Å². The molecule has 0 spiro atoms. The first-order valence-corrected chi connectivity index (χ1v) is 5.73. The maximum absolute atomic E-state index is 8.61. The van der Waals surface area contributed by atoms with Crippen LogP contribution >= 0.6 is 0 Å². The molecular formula is C12H18N4O2. The van der Waals surface area contributed by atoms with Crippen molar-refractivity contribution in [3.8, 4) is 0 Å². The Labute approximate surface area is 106 Å². The third-order valence-corrected chi connectivity index (χ3v) is 2.26. The van der Waals surface area contributed by atoms with E-state index in [0.29, 0.717) is 6.54 Å². The van der Waals surface area contributed by atoms with Gasteiger partial charge in [0.1, 0.15) is 6.21 Å². The van der Waals surface area contributed by atoms with Crippen molar-refractivity contribution in [3.05, 3.63) is 35.9 Å². The molecule has 0 unspecified atom stereocenters. The topological polar surface area (TPSA) is 89.2 Å². The van der Waals surface area contributed by atoms with Crippen LogP contribution in [0.25, 0.3) is 0 Å². The molecule has 6 nitrogen and oxygen atoms in total. The molecule has 0 aromatic heterocycles. The molecule has 0 aliphatic rings. The van der Waals surface area contributed by atoms with E-state index in [1.807, 2.05) is 23.7 Å². The molecule has 0 amide bonds. The number of oxime groups is 1. The second-order valence-electron chi connectivity index (χ2n) is 3.64. The van der Waals surface area contributed by atoms with Crippen LogP contribution in [0.3, 0.4) is 0 Å². The maximum atomic E-state index is 8.61. The van der Waals surface area contributed by atoms with E-state index in [1.165, 1.54) is 5.56 Å². The molecule has 0 atom stereocenters. The number of nitrogens with zero attached hydrogens (tertiary/aromatic N) is 2. The van der Waals surface area contributed by atoms with Crippen molar-refractivity contribution in [3.63, 3.8) is 0 Å². The summed E-state index contributed by atoms with van der Waals surface area (Å²) in [5.41, 5.74) is 3.08. The van der Waals surface area contributed by atoms with E-state index in [4.69, 9.17) is 10.4 Å². The molecule has 0 heterocycles. The van der Waals surface area contributed by atoms with Crippen molar-refractivity contribution in [2.75, 3.05) is 13.1 Å². The van der Waals surface area contributed by atoms with Gasteiger partial charge >= 0.3 is 0 Å². The molecule has 98 valence electrons. The van der Waals surface area contributed by atoms with Gasteiger partial charge < -0.3 is 10.5 Å². The van der Waals surface area contributed by atoms with Crippen molar-refractivity contribution in [1.29, 1.82) is 0 Å². The van der Waals surface area contributed by atoms with Crippen LogP contribution in [-0.2, 0) is 6.54 Å². The zero-order valence-electron chi connectivity index (χ0n) is 10.1. The summed E-state index contributed by atoms with van der Waals surface area (Å²) in [6, 6.07) is 10.1. The van der Waals surface area contributed by atoms with Crippen LogP contribution in [0.1, 0.15) is 12.0 Å². The molecule has 0 radical (unpaired) electrons. The van der Waals surface area contributed by atoms with Crippen molar-refractivity contribution in [1.82, 2.24) is 10.8 Å². The number of rotatable bonds is 7. The molecule has 6 heteroatoms. The lowest BCUT2D eigenvalue weighted by Crippen LogP contribution is -2.21. The van der Waals surface area contributed by atoms with Gasteiger partial charge in [0, 0.05) is 13.1 Å². The van der Waals surface area contributed by atoms with Crippen LogP contribution in [0.5, 0.6) is 0 Å². The second kappa shape index (κ2) is 9.15. The summed E-state index contributed by atoms with van der Waals surface area (Å²) in [5, 5.41) is 22.9. The number of amidine groups is 1. The van der Waals surface area contributed by atoms with E-state index in [1.54, 1.807) is 0 Å². The van der Waals surface area contributed by atoms with Gasteiger partial charge in [0.2, 0.25) is 0 Å². The van der Waals surface area contributed by atoms with Gasteiger partial charge in [-0.25, -0.2) is 0 Å². The van der Waals surface area contributed by atoms with Crippen LogP contribution in [0.4, 0.5) is 0 Å². The first-order valence-electron chi connectivity index (χ1n) is 5.73. The lowest BCUT2D eigenvalue weighted by Gasteiger charge is -2.03. The Morgan fingerprint density at radius 3 is 2.72 bits per heavy atom. The molecule has 0 fully saturated rings. The SMILES string of the molecule is O/N=C/C(=NCCCNCc1ccccc1)NO. The summed E-state index contributed by atoms with van der Waals surface area (Å²) in [5.74, 6) is 0.139. The average Bonchev–Trinajstić information content (AvgIpc) is 2.42. The Morgan fingerprint density at radius 1 is 1.28 bits per heavy atom. The highest BCUT2D eigenvalue weighted by atomic mass is 16.5. The van der Waals surface area contributed by atoms with Gasteiger partial charge in [0.05, 0.1) is 0 Å². The lowest BCUT2D eigenvalue weighted by atomic mass is 10.2. The highest BCUT2D eigenvalue weighted by Gasteiger charge is 1.93. The fraction of sp³-hybridized carbons (Fsp3) is 0.333. The summed E-state index contributed by atoms with van der Waals surface area (Å²) in [6.45, 7) is 2.19. The Hall–Kier alpha value is -1.92. The Balaban J connectivity index is 2.12. The first kappa shape index (κ1) is 14.1. The van der Waals surface area contributed by atoms with Crippen molar-refractivity contribution in [2.24, 2.45) is 10.1 Å². The summed E-state index contributed by atoms with van der Waals surface area (Å²) >= 11 is 0. The second-order valence-corrected chi connectivity index (χ2v) is 3.64. The first-order chi connectivity index (χ1) is 8.86. The Morgan fingerprint density at radius 2 is 2.06 bits per heavy atom. The summed E-state index contributed by atoms with van der Waals surface area (Å²) in [4.78, 5) is 3.98. The predicted molar refractivity (Wildman–Crippen MR) is 70.3 cm³/mol. The molecule has 1 aromatic rings. The predicted octanol–water partition coefficient (Wildman–Crippen LogP) is 1.00. The monoisotopic (exact) mass is 250 g/mol. The molecular weight excluding hydrogens is 232 g/mol. The van der Waals surface area contributed by atoms with E-state index in [-0.39, 0.29) is 5.84 Å². The van der Waals surface area contributed by atoms with Crippen LogP contribution in [0.15, 0.2) is 40.5 Å². The molecule has 18 heavy (non-hydrogen) atoms. The third-order valence-electron chi connectivity index (χ3n) is 2.26. The van der Waals surface area contributed by atoms with Crippen molar-refractivity contribution in [2.45, 2.75) is 13.0 Å².